The number of rotatable bonds is 8. The summed E-state index contributed by atoms with van der Waals surface area (Å²) in [5.41, 5.74) is 0. The molecule has 0 aliphatic heterocycles. The molecule has 1 atom stereocenters. The van der Waals surface area contributed by atoms with Gasteiger partial charge in [0.05, 0.1) is 6.42 Å². The first kappa shape index (κ1) is 16.5. The van der Waals surface area contributed by atoms with Crippen LogP contribution in [0.15, 0.2) is 16.3 Å². The molecule has 1 unspecified atom stereocenters. The minimum atomic E-state index is -3.54. The molecule has 2 N–H and O–H groups in total. The van der Waals surface area contributed by atoms with Crippen LogP contribution in [0.1, 0.15) is 18.2 Å². The standard InChI is InChI=1S/C11H17NO4S3/c1-8(5-6-17-2)12-19(15,16)11-4-3-9(18-11)7-10(13)14/h3-4,8,12H,5-7H2,1-2H3,(H,13,14). The van der Waals surface area contributed by atoms with E-state index in [9.17, 15) is 13.2 Å². The van der Waals surface area contributed by atoms with Gasteiger partial charge in [-0.05, 0) is 37.5 Å². The predicted molar refractivity (Wildman–Crippen MR) is 78.4 cm³/mol. The molecule has 108 valence electrons. The normalized spacial score (nSPS) is 13.4. The second kappa shape index (κ2) is 7.28. The first-order chi connectivity index (χ1) is 8.85. The molecule has 0 fully saturated rings. The van der Waals surface area contributed by atoms with E-state index in [1.165, 1.54) is 6.07 Å². The van der Waals surface area contributed by atoms with Gasteiger partial charge in [-0.2, -0.15) is 11.8 Å². The first-order valence-electron chi connectivity index (χ1n) is 5.67. The zero-order chi connectivity index (χ0) is 14.5. The number of carboxylic acid groups (broad SMARTS) is 1. The molecule has 0 aliphatic rings. The third kappa shape index (κ3) is 5.52. The largest absolute Gasteiger partial charge is 0.481 e. The number of carbonyl (C=O) groups is 1. The summed E-state index contributed by atoms with van der Waals surface area (Å²) >= 11 is 2.66. The summed E-state index contributed by atoms with van der Waals surface area (Å²) in [7, 11) is -3.54. The van der Waals surface area contributed by atoms with Crippen LogP contribution in [0.5, 0.6) is 0 Å². The Bertz CT molecular complexity index is 524. The van der Waals surface area contributed by atoms with Crippen molar-refractivity contribution >= 4 is 39.1 Å². The Morgan fingerprint density at radius 1 is 1.53 bits per heavy atom. The van der Waals surface area contributed by atoms with E-state index in [4.69, 9.17) is 5.11 Å². The van der Waals surface area contributed by atoms with E-state index < -0.39 is 16.0 Å². The van der Waals surface area contributed by atoms with Gasteiger partial charge < -0.3 is 5.11 Å². The zero-order valence-corrected chi connectivity index (χ0v) is 13.2. The molecule has 19 heavy (non-hydrogen) atoms. The lowest BCUT2D eigenvalue weighted by Crippen LogP contribution is -2.32. The Kier molecular flexibility index (Phi) is 6.31. The number of nitrogens with one attached hydrogen (secondary N) is 1. The fraction of sp³-hybridized carbons (Fsp3) is 0.545. The summed E-state index contributed by atoms with van der Waals surface area (Å²) in [6.07, 6.45) is 2.58. The number of sulfonamides is 1. The highest BCUT2D eigenvalue weighted by Gasteiger charge is 2.19. The van der Waals surface area contributed by atoms with Gasteiger partial charge in [-0.1, -0.05) is 0 Å². The van der Waals surface area contributed by atoms with Crippen molar-refractivity contribution < 1.29 is 18.3 Å². The maximum Gasteiger partial charge on any atom is 0.308 e. The van der Waals surface area contributed by atoms with Gasteiger partial charge in [-0.3, -0.25) is 4.79 Å². The maximum absolute atomic E-state index is 12.0. The molecule has 0 aliphatic carbocycles. The highest BCUT2D eigenvalue weighted by atomic mass is 32.2. The third-order valence-corrected chi connectivity index (χ3v) is 6.15. The monoisotopic (exact) mass is 323 g/mol. The van der Waals surface area contributed by atoms with Crippen molar-refractivity contribution in [2.24, 2.45) is 0 Å². The molecule has 8 heteroatoms. The minimum absolute atomic E-state index is 0.137. The SMILES string of the molecule is CSCCC(C)NS(=O)(=O)c1ccc(CC(=O)O)s1. The fourth-order valence-corrected chi connectivity index (χ4v) is 4.65. The Morgan fingerprint density at radius 2 is 2.21 bits per heavy atom. The van der Waals surface area contributed by atoms with Crippen LogP contribution in [0.25, 0.3) is 0 Å². The Hall–Kier alpha value is -0.570. The topological polar surface area (TPSA) is 83.5 Å². The smallest absolute Gasteiger partial charge is 0.308 e. The number of aliphatic carboxylic acids is 1. The molecule has 0 spiro atoms. The molecule has 1 heterocycles. The van der Waals surface area contributed by atoms with Gasteiger partial charge in [0.1, 0.15) is 4.21 Å². The Labute approximate surface area is 121 Å². The van der Waals surface area contributed by atoms with Crippen LogP contribution in [0.3, 0.4) is 0 Å². The fourth-order valence-electron chi connectivity index (χ4n) is 1.42. The van der Waals surface area contributed by atoms with Crippen LogP contribution in [0.2, 0.25) is 0 Å². The lowest BCUT2D eigenvalue weighted by atomic mass is 10.3. The zero-order valence-electron chi connectivity index (χ0n) is 10.8. The van der Waals surface area contributed by atoms with Gasteiger partial charge in [-0.15, -0.1) is 11.3 Å². The Balaban J connectivity index is 2.71. The van der Waals surface area contributed by atoms with E-state index in [2.05, 4.69) is 4.72 Å². The maximum atomic E-state index is 12.0. The molecule has 0 radical (unpaired) electrons. The molecule has 0 aromatic carbocycles. The van der Waals surface area contributed by atoms with Gasteiger partial charge in [0, 0.05) is 10.9 Å². The van der Waals surface area contributed by atoms with Crippen molar-refractivity contribution in [2.75, 3.05) is 12.0 Å². The van der Waals surface area contributed by atoms with Gasteiger partial charge >= 0.3 is 5.97 Å². The Morgan fingerprint density at radius 3 is 2.79 bits per heavy atom. The van der Waals surface area contributed by atoms with Gasteiger partial charge in [-0.25, -0.2) is 13.1 Å². The molecule has 0 saturated carbocycles. The molecule has 5 nitrogen and oxygen atoms in total. The molecule has 0 amide bonds. The summed E-state index contributed by atoms with van der Waals surface area (Å²) in [6.45, 7) is 1.82. The molecular weight excluding hydrogens is 306 g/mol. The molecule has 1 aromatic heterocycles. The first-order valence-corrected chi connectivity index (χ1v) is 9.36. The van der Waals surface area contributed by atoms with E-state index in [0.29, 0.717) is 4.88 Å². The second-order valence-electron chi connectivity index (χ2n) is 4.10. The lowest BCUT2D eigenvalue weighted by molar-refractivity contribution is -0.136. The highest BCUT2D eigenvalue weighted by molar-refractivity contribution is 7.98. The van der Waals surface area contributed by atoms with Gasteiger partial charge in [0.2, 0.25) is 10.0 Å². The van der Waals surface area contributed by atoms with Crippen molar-refractivity contribution in [1.82, 2.24) is 4.72 Å². The summed E-state index contributed by atoms with van der Waals surface area (Å²) < 4.78 is 26.9. The number of hydrogen-bond acceptors (Lipinski definition) is 5. The highest BCUT2D eigenvalue weighted by Crippen LogP contribution is 2.22. The van der Waals surface area contributed by atoms with Crippen LogP contribution in [-0.4, -0.2) is 37.5 Å². The molecular formula is C11H17NO4S3. The van der Waals surface area contributed by atoms with Crippen molar-refractivity contribution in [1.29, 1.82) is 0 Å². The van der Waals surface area contributed by atoms with Crippen LogP contribution >= 0.6 is 23.1 Å². The average Bonchev–Trinajstić information content (AvgIpc) is 2.74. The number of thioether (sulfide) groups is 1. The van der Waals surface area contributed by atoms with Gasteiger partial charge in [0.15, 0.2) is 0 Å². The van der Waals surface area contributed by atoms with E-state index in [1.54, 1.807) is 17.8 Å². The number of carboxylic acids is 1. The van der Waals surface area contributed by atoms with E-state index in [-0.39, 0.29) is 16.7 Å². The van der Waals surface area contributed by atoms with E-state index in [1.807, 2.05) is 13.2 Å². The number of hydrogen-bond donors (Lipinski definition) is 2. The molecule has 0 bridgehead atoms. The van der Waals surface area contributed by atoms with Crippen molar-refractivity contribution in [3.63, 3.8) is 0 Å². The quantitative estimate of drug-likeness (QED) is 0.762. The van der Waals surface area contributed by atoms with E-state index >= 15 is 0 Å². The summed E-state index contributed by atoms with van der Waals surface area (Å²) in [5.74, 6) is -0.0784. The summed E-state index contributed by atoms with van der Waals surface area (Å²) in [4.78, 5) is 11.1. The van der Waals surface area contributed by atoms with Crippen LogP contribution in [-0.2, 0) is 21.2 Å². The number of thiophene rings is 1. The van der Waals surface area contributed by atoms with Crippen molar-refractivity contribution in [2.45, 2.75) is 30.0 Å². The minimum Gasteiger partial charge on any atom is -0.481 e. The second-order valence-corrected chi connectivity index (χ2v) is 8.19. The van der Waals surface area contributed by atoms with Crippen molar-refractivity contribution in [3.8, 4) is 0 Å². The van der Waals surface area contributed by atoms with Crippen LogP contribution in [0, 0.1) is 0 Å². The average molecular weight is 323 g/mol. The predicted octanol–water partition coefficient (Wildman–Crippen LogP) is 1.80. The van der Waals surface area contributed by atoms with Crippen LogP contribution in [0.4, 0.5) is 0 Å². The molecule has 0 saturated heterocycles. The van der Waals surface area contributed by atoms with E-state index in [0.717, 1.165) is 23.5 Å². The summed E-state index contributed by atoms with van der Waals surface area (Å²) in [5, 5.41) is 8.66. The van der Waals surface area contributed by atoms with Crippen molar-refractivity contribution in [3.05, 3.63) is 17.0 Å². The lowest BCUT2D eigenvalue weighted by Gasteiger charge is -2.12. The molecule has 1 aromatic rings. The van der Waals surface area contributed by atoms with Gasteiger partial charge in [0.25, 0.3) is 0 Å². The third-order valence-electron chi connectivity index (χ3n) is 2.34. The summed E-state index contributed by atoms with van der Waals surface area (Å²) in [6, 6.07) is 2.86. The van der Waals surface area contributed by atoms with Crippen LogP contribution < -0.4 is 4.72 Å². The molecule has 1 rings (SSSR count).